The van der Waals surface area contributed by atoms with E-state index in [0.717, 1.165) is 12.8 Å². The number of hydrogen-bond acceptors (Lipinski definition) is 7. The SMILES string of the molecule is O=c1c2ccccc2nnn1CSc1nc2cc(Cl)ccc2c(=O)n1CC1CCCO1. The molecule has 8 nitrogen and oxygen atoms in total. The minimum atomic E-state index is -0.241. The Morgan fingerprint density at radius 1 is 1.10 bits per heavy atom. The van der Waals surface area contributed by atoms with E-state index in [1.165, 1.54) is 16.4 Å². The summed E-state index contributed by atoms with van der Waals surface area (Å²) in [6, 6.07) is 12.1. The van der Waals surface area contributed by atoms with E-state index in [9.17, 15) is 9.59 Å². The van der Waals surface area contributed by atoms with Crippen molar-refractivity contribution in [1.29, 1.82) is 0 Å². The number of fused-ring (bicyclic) bond motifs is 2. The molecule has 1 aliphatic rings. The summed E-state index contributed by atoms with van der Waals surface area (Å²) in [7, 11) is 0. The second-order valence-corrected chi connectivity index (χ2v) is 8.64. The van der Waals surface area contributed by atoms with Gasteiger partial charge < -0.3 is 4.74 Å². The van der Waals surface area contributed by atoms with Crippen LogP contribution in [0.4, 0.5) is 0 Å². The van der Waals surface area contributed by atoms with Crippen LogP contribution in [0.3, 0.4) is 0 Å². The van der Waals surface area contributed by atoms with Crippen LogP contribution in [-0.4, -0.2) is 37.3 Å². The Hall–Kier alpha value is -2.75. The van der Waals surface area contributed by atoms with Gasteiger partial charge in [-0.3, -0.25) is 14.2 Å². The maximum Gasteiger partial charge on any atom is 0.278 e. The Labute approximate surface area is 185 Å². The zero-order chi connectivity index (χ0) is 21.4. The summed E-state index contributed by atoms with van der Waals surface area (Å²) in [5.74, 6) is 0.167. The molecule has 31 heavy (non-hydrogen) atoms. The molecule has 10 heteroatoms. The van der Waals surface area contributed by atoms with Gasteiger partial charge in [-0.05, 0) is 43.2 Å². The minimum Gasteiger partial charge on any atom is -0.376 e. The van der Waals surface area contributed by atoms with Gasteiger partial charge in [-0.2, -0.15) is 4.68 Å². The molecule has 1 saturated heterocycles. The van der Waals surface area contributed by atoms with Crippen LogP contribution in [0.2, 0.25) is 5.02 Å². The van der Waals surface area contributed by atoms with Crippen molar-refractivity contribution in [2.45, 2.75) is 36.5 Å². The van der Waals surface area contributed by atoms with Gasteiger partial charge in [-0.25, -0.2) is 4.98 Å². The molecule has 2 aromatic carbocycles. The smallest absolute Gasteiger partial charge is 0.278 e. The molecule has 0 amide bonds. The van der Waals surface area contributed by atoms with Gasteiger partial charge in [0.1, 0.15) is 5.52 Å². The fourth-order valence-corrected chi connectivity index (χ4v) is 4.71. The highest BCUT2D eigenvalue weighted by Crippen LogP contribution is 2.23. The molecule has 1 aliphatic heterocycles. The second-order valence-electron chi connectivity index (χ2n) is 7.29. The molecular formula is C21H18ClN5O3S. The zero-order valence-electron chi connectivity index (χ0n) is 16.4. The van der Waals surface area contributed by atoms with E-state index in [1.807, 2.05) is 6.07 Å². The average molecular weight is 456 g/mol. The predicted octanol–water partition coefficient (Wildman–Crippen LogP) is 3.08. The summed E-state index contributed by atoms with van der Waals surface area (Å²) in [5, 5.41) is 10.1. The molecule has 1 unspecified atom stereocenters. The van der Waals surface area contributed by atoms with Crippen LogP contribution in [0, 0.1) is 0 Å². The lowest BCUT2D eigenvalue weighted by Gasteiger charge is -2.16. The Kier molecular flexibility index (Phi) is 5.47. The number of thioether (sulfide) groups is 1. The van der Waals surface area contributed by atoms with Crippen LogP contribution < -0.4 is 11.1 Å². The van der Waals surface area contributed by atoms with E-state index in [4.69, 9.17) is 16.3 Å². The summed E-state index contributed by atoms with van der Waals surface area (Å²) in [6.45, 7) is 1.10. The molecule has 0 radical (unpaired) electrons. The zero-order valence-corrected chi connectivity index (χ0v) is 18.0. The molecule has 5 rings (SSSR count). The Balaban J connectivity index is 1.54. The van der Waals surface area contributed by atoms with Crippen LogP contribution in [0.5, 0.6) is 0 Å². The fraction of sp³-hybridized carbons (Fsp3) is 0.286. The number of aromatic nitrogens is 5. The number of ether oxygens (including phenoxy) is 1. The van der Waals surface area contributed by atoms with Crippen molar-refractivity contribution in [1.82, 2.24) is 24.5 Å². The van der Waals surface area contributed by atoms with Crippen molar-refractivity contribution in [3.05, 3.63) is 68.2 Å². The van der Waals surface area contributed by atoms with Crippen LogP contribution in [-0.2, 0) is 17.2 Å². The third kappa shape index (κ3) is 3.96. The maximum atomic E-state index is 13.2. The first-order valence-electron chi connectivity index (χ1n) is 9.87. The first-order valence-corrected chi connectivity index (χ1v) is 11.2. The minimum absolute atomic E-state index is 0.0354. The van der Waals surface area contributed by atoms with Crippen LogP contribution in [0.25, 0.3) is 21.8 Å². The molecule has 158 valence electrons. The summed E-state index contributed by atoms with van der Waals surface area (Å²) in [5.41, 5.74) is 0.662. The van der Waals surface area contributed by atoms with Gasteiger partial charge in [-0.1, -0.05) is 40.7 Å². The van der Waals surface area contributed by atoms with Gasteiger partial charge in [0.15, 0.2) is 5.16 Å². The van der Waals surface area contributed by atoms with Crippen LogP contribution >= 0.6 is 23.4 Å². The van der Waals surface area contributed by atoms with E-state index in [1.54, 1.807) is 41.0 Å². The quantitative estimate of drug-likeness (QED) is 0.337. The molecule has 1 atom stereocenters. The average Bonchev–Trinajstić information content (AvgIpc) is 3.29. The molecule has 0 spiro atoms. The van der Waals surface area contributed by atoms with Crippen molar-refractivity contribution in [3.8, 4) is 0 Å². The van der Waals surface area contributed by atoms with E-state index < -0.39 is 0 Å². The molecule has 0 N–H and O–H groups in total. The van der Waals surface area contributed by atoms with Gasteiger partial charge in [0, 0.05) is 11.6 Å². The van der Waals surface area contributed by atoms with Crippen molar-refractivity contribution >= 4 is 45.2 Å². The number of rotatable bonds is 5. The normalized spacial score (nSPS) is 16.4. The van der Waals surface area contributed by atoms with E-state index in [0.29, 0.717) is 45.1 Å². The summed E-state index contributed by atoms with van der Waals surface area (Å²) in [4.78, 5) is 30.6. The maximum absolute atomic E-state index is 13.2. The first-order chi connectivity index (χ1) is 15.1. The van der Waals surface area contributed by atoms with Crippen molar-refractivity contribution in [2.24, 2.45) is 0 Å². The molecule has 3 heterocycles. The molecular weight excluding hydrogens is 438 g/mol. The first kappa shape index (κ1) is 20.2. The third-order valence-electron chi connectivity index (χ3n) is 5.24. The molecule has 4 aromatic rings. The van der Waals surface area contributed by atoms with Gasteiger partial charge in [0.2, 0.25) is 0 Å². The monoisotopic (exact) mass is 455 g/mol. The number of hydrogen-bond donors (Lipinski definition) is 0. The van der Waals surface area contributed by atoms with E-state index in [-0.39, 0.29) is 23.1 Å². The van der Waals surface area contributed by atoms with Gasteiger partial charge in [0.05, 0.1) is 34.8 Å². The number of benzene rings is 2. The summed E-state index contributed by atoms with van der Waals surface area (Å²) < 4.78 is 8.63. The highest BCUT2D eigenvalue weighted by molar-refractivity contribution is 7.98. The van der Waals surface area contributed by atoms with Gasteiger partial charge >= 0.3 is 0 Å². The standard InChI is InChI=1S/C21H18ClN5O3S/c22-13-7-8-16-18(10-13)23-21(26(19(16)28)11-14-4-3-9-30-14)31-12-27-20(29)15-5-1-2-6-17(15)24-25-27/h1-2,5-8,10,14H,3-4,9,11-12H2. The Morgan fingerprint density at radius 2 is 1.94 bits per heavy atom. The van der Waals surface area contributed by atoms with Crippen molar-refractivity contribution in [3.63, 3.8) is 0 Å². The summed E-state index contributed by atoms with van der Waals surface area (Å²) in [6.07, 6.45) is 1.83. The lowest BCUT2D eigenvalue weighted by Crippen LogP contribution is -2.29. The highest BCUT2D eigenvalue weighted by atomic mass is 35.5. The Bertz CT molecular complexity index is 1400. The lowest BCUT2D eigenvalue weighted by molar-refractivity contribution is 0.0937. The lowest BCUT2D eigenvalue weighted by atomic mass is 10.2. The van der Waals surface area contributed by atoms with E-state index in [2.05, 4.69) is 15.3 Å². The number of halogens is 1. The highest BCUT2D eigenvalue weighted by Gasteiger charge is 2.20. The largest absolute Gasteiger partial charge is 0.376 e. The van der Waals surface area contributed by atoms with Crippen LogP contribution in [0.15, 0.2) is 57.2 Å². The van der Waals surface area contributed by atoms with E-state index >= 15 is 0 Å². The fourth-order valence-electron chi connectivity index (χ4n) is 3.66. The molecule has 2 aromatic heterocycles. The number of nitrogens with zero attached hydrogens (tertiary/aromatic N) is 5. The third-order valence-corrected chi connectivity index (χ3v) is 6.42. The predicted molar refractivity (Wildman–Crippen MR) is 120 cm³/mol. The van der Waals surface area contributed by atoms with Gasteiger partial charge in [0.25, 0.3) is 11.1 Å². The topological polar surface area (TPSA) is 91.9 Å². The van der Waals surface area contributed by atoms with Crippen LogP contribution in [0.1, 0.15) is 12.8 Å². The molecule has 0 bridgehead atoms. The molecule has 0 aliphatic carbocycles. The molecule has 1 fully saturated rings. The Morgan fingerprint density at radius 3 is 2.77 bits per heavy atom. The van der Waals surface area contributed by atoms with Crippen molar-refractivity contribution in [2.75, 3.05) is 6.61 Å². The van der Waals surface area contributed by atoms with Gasteiger partial charge in [-0.15, -0.1) is 5.10 Å². The van der Waals surface area contributed by atoms with Crippen molar-refractivity contribution < 1.29 is 4.74 Å². The second kappa shape index (κ2) is 8.41. The molecule has 0 saturated carbocycles. The summed E-state index contributed by atoms with van der Waals surface area (Å²) >= 11 is 7.37.